The van der Waals surface area contributed by atoms with Crippen LogP contribution < -0.4 is 10.6 Å². The Labute approximate surface area is 148 Å². The van der Waals surface area contributed by atoms with Gasteiger partial charge in [0.05, 0.1) is 12.1 Å². The van der Waals surface area contributed by atoms with Crippen LogP contribution in [0.2, 0.25) is 0 Å². The van der Waals surface area contributed by atoms with Crippen LogP contribution in [0, 0.1) is 19.8 Å². The first kappa shape index (κ1) is 20.7. The quantitative estimate of drug-likeness (QED) is 0.667. The van der Waals surface area contributed by atoms with Gasteiger partial charge in [0.25, 0.3) is 5.91 Å². The van der Waals surface area contributed by atoms with Crippen molar-refractivity contribution in [3.63, 3.8) is 0 Å². The summed E-state index contributed by atoms with van der Waals surface area (Å²) in [5, 5.41) is 14.1. The van der Waals surface area contributed by atoms with Crippen LogP contribution in [-0.2, 0) is 9.59 Å². The summed E-state index contributed by atoms with van der Waals surface area (Å²) in [6.07, 6.45) is 0.338. The van der Waals surface area contributed by atoms with Crippen LogP contribution in [0.3, 0.4) is 0 Å². The molecule has 0 saturated heterocycles. The molecule has 7 heteroatoms. The topological polar surface area (TPSA) is 100 Å². The van der Waals surface area contributed by atoms with Crippen LogP contribution in [0.4, 0.5) is 0 Å². The summed E-state index contributed by atoms with van der Waals surface area (Å²) in [5.74, 6) is -1.80. The van der Waals surface area contributed by atoms with Crippen molar-refractivity contribution in [3.05, 3.63) is 23.0 Å². The summed E-state index contributed by atoms with van der Waals surface area (Å²) in [6, 6.07) is 1.08. The van der Waals surface area contributed by atoms with Crippen LogP contribution >= 0.6 is 0 Å². The molecule has 0 aromatic carbocycles. The second-order valence-corrected chi connectivity index (χ2v) is 7.02. The van der Waals surface area contributed by atoms with Gasteiger partial charge in [0.2, 0.25) is 5.91 Å². The average molecular weight is 351 g/mol. The maximum absolute atomic E-state index is 12.3. The van der Waals surface area contributed by atoms with E-state index in [9.17, 15) is 14.4 Å². The summed E-state index contributed by atoms with van der Waals surface area (Å²) >= 11 is 0. The van der Waals surface area contributed by atoms with Crippen LogP contribution in [0.1, 0.15) is 61.9 Å². The highest BCUT2D eigenvalue weighted by molar-refractivity contribution is 5.98. The lowest BCUT2D eigenvalue weighted by atomic mass is 10.0. The zero-order chi connectivity index (χ0) is 19.3. The van der Waals surface area contributed by atoms with E-state index in [4.69, 9.17) is 5.11 Å². The minimum absolute atomic E-state index is 0.136. The van der Waals surface area contributed by atoms with Gasteiger partial charge in [-0.15, -0.1) is 0 Å². The van der Waals surface area contributed by atoms with Crippen LogP contribution in [-0.4, -0.2) is 40.0 Å². The predicted molar refractivity (Wildman–Crippen MR) is 95.6 cm³/mol. The summed E-state index contributed by atoms with van der Waals surface area (Å²) in [4.78, 5) is 35.5. The summed E-state index contributed by atoms with van der Waals surface area (Å²) in [7, 11) is 0. The van der Waals surface area contributed by atoms with E-state index in [2.05, 4.69) is 15.2 Å². The summed E-state index contributed by atoms with van der Waals surface area (Å²) < 4.78 is 2.05. The molecule has 2 amide bonds. The van der Waals surface area contributed by atoms with Crippen molar-refractivity contribution in [2.75, 3.05) is 6.54 Å². The number of hydrogen-bond acceptors (Lipinski definition) is 3. The number of aliphatic carboxylic acids is 1. The van der Waals surface area contributed by atoms with E-state index < -0.39 is 17.9 Å². The number of amides is 2. The molecule has 1 heterocycles. The zero-order valence-electron chi connectivity index (χ0n) is 15.8. The highest BCUT2D eigenvalue weighted by Crippen LogP contribution is 2.19. The number of aromatic nitrogens is 1. The molecule has 1 atom stereocenters. The summed E-state index contributed by atoms with van der Waals surface area (Å²) in [5.41, 5.74) is 2.34. The van der Waals surface area contributed by atoms with Crippen molar-refractivity contribution < 1.29 is 19.5 Å². The minimum Gasteiger partial charge on any atom is -0.480 e. The van der Waals surface area contributed by atoms with Crippen LogP contribution in [0.15, 0.2) is 6.07 Å². The van der Waals surface area contributed by atoms with E-state index in [1.165, 1.54) is 0 Å². The van der Waals surface area contributed by atoms with Gasteiger partial charge in [0.1, 0.15) is 6.04 Å². The van der Waals surface area contributed by atoms with Gasteiger partial charge in [-0.1, -0.05) is 13.8 Å². The van der Waals surface area contributed by atoms with Crippen molar-refractivity contribution >= 4 is 17.8 Å². The van der Waals surface area contributed by atoms with E-state index in [1.54, 1.807) is 6.07 Å². The Morgan fingerprint density at radius 1 is 1.16 bits per heavy atom. The normalized spacial score (nSPS) is 12.3. The van der Waals surface area contributed by atoms with Gasteiger partial charge < -0.3 is 20.3 Å². The number of nitrogens with zero attached hydrogens (tertiary/aromatic N) is 1. The average Bonchev–Trinajstić information content (AvgIpc) is 2.78. The Morgan fingerprint density at radius 2 is 1.76 bits per heavy atom. The number of rotatable bonds is 8. The highest BCUT2D eigenvalue weighted by Gasteiger charge is 2.22. The minimum atomic E-state index is -1.08. The second kappa shape index (κ2) is 8.69. The fourth-order valence-corrected chi connectivity index (χ4v) is 3.00. The van der Waals surface area contributed by atoms with Gasteiger partial charge >= 0.3 is 5.97 Å². The van der Waals surface area contributed by atoms with E-state index in [1.807, 2.05) is 41.5 Å². The van der Waals surface area contributed by atoms with Gasteiger partial charge in [0, 0.05) is 17.4 Å². The van der Waals surface area contributed by atoms with Gasteiger partial charge in [-0.05, 0) is 46.1 Å². The Balaban J connectivity index is 2.69. The molecule has 1 aromatic heterocycles. The number of carboxylic acid groups (broad SMARTS) is 1. The van der Waals surface area contributed by atoms with Gasteiger partial charge in [-0.25, -0.2) is 4.79 Å². The molecular formula is C18H29N3O4. The molecule has 1 aromatic rings. The molecule has 0 bridgehead atoms. The predicted octanol–water partition coefficient (Wildman–Crippen LogP) is 2.03. The van der Waals surface area contributed by atoms with Crippen molar-refractivity contribution in [1.82, 2.24) is 15.2 Å². The highest BCUT2D eigenvalue weighted by atomic mass is 16.4. The Kier molecular flexibility index (Phi) is 7.21. The monoisotopic (exact) mass is 351 g/mol. The van der Waals surface area contributed by atoms with Crippen molar-refractivity contribution in [2.45, 2.75) is 60.0 Å². The van der Waals surface area contributed by atoms with E-state index in [0.717, 1.165) is 11.4 Å². The van der Waals surface area contributed by atoms with E-state index in [-0.39, 0.29) is 24.4 Å². The first-order valence-electron chi connectivity index (χ1n) is 8.53. The van der Waals surface area contributed by atoms with E-state index in [0.29, 0.717) is 12.0 Å². The molecule has 0 aliphatic heterocycles. The van der Waals surface area contributed by atoms with Crippen LogP contribution in [0.5, 0.6) is 0 Å². The molecule has 0 fully saturated rings. The van der Waals surface area contributed by atoms with Crippen molar-refractivity contribution in [2.24, 2.45) is 5.92 Å². The maximum atomic E-state index is 12.3. The molecule has 0 unspecified atom stereocenters. The maximum Gasteiger partial charge on any atom is 0.326 e. The first-order chi connectivity index (χ1) is 11.5. The molecule has 7 nitrogen and oxygen atoms in total. The molecular weight excluding hydrogens is 322 g/mol. The zero-order valence-corrected chi connectivity index (χ0v) is 15.8. The lowest BCUT2D eigenvalue weighted by molar-refractivity contribution is -0.142. The van der Waals surface area contributed by atoms with Crippen molar-refractivity contribution in [1.29, 1.82) is 0 Å². The second-order valence-electron chi connectivity index (χ2n) is 7.02. The number of hydrogen-bond donors (Lipinski definition) is 3. The molecule has 0 saturated carbocycles. The lowest BCUT2D eigenvalue weighted by Gasteiger charge is -2.16. The first-order valence-corrected chi connectivity index (χ1v) is 8.53. The molecule has 0 spiro atoms. The third kappa shape index (κ3) is 5.62. The Bertz CT molecular complexity index is 647. The standard InChI is InChI=1S/C18H29N3O4/c1-10(2)7-15(18(24)25)20-16(22)9-19-17(23)14-8-12(5)21(11(3)4)13(14)6/h8,10-11,15H,7,9H2,1-6H3,(H,19,23)(H,20,22)(H,24,25)/t15-/m0/s1. The SMILES string of the molecule is Cc1cc(C(=O)NCC(=O)N[C@@H](CC(C)C)C(=O)O)c(C)n1C(C)C. The molecule has 0 radical (unpaired) electrons. The number of carbonyl (C=O) groups is 3. The van der Waals surface area contributed by atoms with Gasteiger partial charge in [-0.2, -0.15) is 0 Å². The molecule has 0 aliphatic rings. The van der Waals surface area contributed by atoms with Gasteiger partial charge in [0.15, 0.2) is 0 Å². The number of carboxylic acids is 1. The largest absolute Gasteiger partial charge is 0.480 e. The molecule has 0 aliphatic carbocycles. The number of aryl methyl sites for hydroxylation is 1. The molecule has 1 rings (SSSR count). The smallest absolute Gasteiger partial charge is 0.326 e. The third-order valence-corrected chi connectivity index (χ3v) is 4.00. The molecule has 25 heavy (non-hydrogen) atoms. The fourth-order valence-electron chi connectivity index (χ4n) is 3.00. The Hall–Kier alpha value is -2.31. The Morgan fingerprint density at radius 3 is 2.20 bits per heavy atom. The van der Waals surface area contributed by atoms with Crippen LogP contribution in [0.25, 0.3) is 0 Å². The third-order valence-electron chi connectivity index (χ3n) is 4.00. The number of carbonyl (C=O) groups excluding carboxylic acids is 2. The molecule has 3 N–H and O–H groups in total. The van der Waals surface area contributed by atoms with E-state index >= 15 is 0 Å². The van der Waals surface area contributed by atoms with Gasteiger partial charge in [-0.3, -0.25) is 9.59 Å². The lowest BCUT2D eigenvalue weighted by Crippen LogP contribution is -2.46. The number of nitrogens with one attached hydrogen (secondary N) is 2. The summed E-state index contributed by atoms with van der Waals surface area (Å²) in [6.45, 7) is 11.4. The molecule has 140 valence electrons. The fraction of sp³-hybridized carbons (Fsp3) is 0.611. The van der Waals surface area contributed by atoms with Crippen molar-refractivity contribution in [3.8, 4) is 0 Å².